The summed E-state index contributed by atoms with van der Waals surface area (Å²) < 4.78 is 2.19. The summed E-state index contributed by atoms with van der Waals surface area (Å²) in [5.41, 5.74) is 3.24. The molecule has 122 valence electrons. The van der Waals surface area contributed by atoms with Crippen LogP contribution < -0.4 is 10.8 Å². The second-order valence-corrected chi connectivity index (χ2v) is 6.87. The van der Waals surface area contributed by atoms with Crippen molar-refractivity contribution in [1.29, 1.82) is 0 Å². The summed E-state index contributed by atoms with van der Waals surface area (Å²) in [4.78, 5) is 12.7. The Morgan fingerprint density at radius 3 is 2.70 bits per heavy atom. The highest BCUT2D eigenvalue weighted by molar-refractivity contribution is 6.38. The first-order valence-corrected chi connectivity index (χ1v) is 9.07. The molecule has 4 heteroatoms. The zero-order chi connectivity index (χ0) is 16.2. The third-order valence-electron chi connectivity index (χ3n) is 5.21. The molecule has 1 aliphatic carbocycles. The number of aromatic nitrogens is 1. The first-order chi connectivity index (χ1) is 11.2. The summed E-state index contributed by atoms with van der Waals surface area (Å²) in [5, 5.41) is 4.27. The van der Waals surface area contributed by atoms with E-state index in [1.165, 1.54) is 49.5 Å². The van der Waals surface area contributed by atoms with Crippen LogP contribution in [0.5, 0.6) is 0 Å². The predicted molar refractivity (Wildman–Crippen MR) is 99.3 cm³/mol. The lowest BCUT2D eigenvalue weighted by atomic mass is 9.93. The molecule has 0 spiro atoms. The molecule has 2 aromatic rings. The SMILES string of the molecule is Bc1cccc2c(C(=O)NCC3CCCCCC3)cn(CC)c12. The summed E-state index contributed by atoms with van der Waals surface area (Å²) in [7, 11) is 2.11. The molecule has 23 heavy (non-hydrogen) atoms. The van der Waals surface area contributed by atoms with Crippen molar-refractivity contribution in [1.82, 2.24) is 9.88 Å². The van der Waals surface area contributed by atoms with E-state index in [0.717, 1.165) is 24.0 Å². The van der Waals surface area contributed by atoms with Gasteiger partial charge in [-0.3, -0.25) is 4.79 Å². The topological polar surface area (TPSA) is 34.0 Å². The van der Waals surface area contributed by atoms with Gasteiger partial charge in [0, 0.05) is 30.2 Å². The molecule has 1 amide bonds. The maximum atomic E-state index is 12.7. The fourth-order valence-electron chi connectivity index (χ4n) is 3.88. The Morgan fingerprint density at radius 2 is 2.00 bits per heavy atom. The number of hydrogen-bond donors (Lipinski definition) is 1. The molecule has 0 aliphatic heterocycles. The second kappa shape index (κ2) is 7.24. The Kier molecular flexibility index (Phi) is 5.09. The molecule has 1 aromatic heterocycles. The van der Waals surface area contributed by atoms with Crippen molar-refractivity contribution in [2.45, 2.75) is 52.0 Å². The molecule has 0 atom stereocenters. The average Bonchev–Trinajstić information content (AvgIpc) is 2.75. The van der Waals surface area contributed by atoms with Crippen LogP contribution in [0.4, 0.5) is 0 Å². The molecular formula is C19H27BN2O. The molecule has 1 heterocycles. The van der Waals surface area contributed by atoms with Crippen LogP contribution in [0, 0.1) is 5.92 Å². The van der Waals surface area contributed by atoms with Gasteiger partial charge in [0.2, 0.25) is 0 Å². The molecule has 1 aromatic carbocycles. The monoisotopic (exact) mass is 310 g/mol. The van der Waals surface area contributed by atoms with Crippen molar-refractivity contribution in [2.75, 3.05) is 6.54 Å². The fourth-order valence-corrected chi connectivity index (χ4v) is 3.88. The van der Waals surface area contributed by atoms with Crippen molar-refractivity contribution in [3.8, 4) is 0 Å². The number of rotatable bonds is 4. The van der Waals surface area contributed by atoms with Crippen LogP contribution in [0.2, 0.25) is 0 Å². The maximum Gasteiger partial charge on any atom is 0.253 e. The van der Waals surface area contributed by atoms with E-state index in [0.29, 0.717) is 5.92 Å². The summed E-state index contributed by atoms with van der Waals surface area (Å²) in [6.45, 7) is 3.83. The van der Waals surface area contributed by atoms with E-state index >= 15 is 0 Å². The first kappa shape index (κ1) is 16.2. The lowest BCUT2D eigenvalue weighted by Gasteiger charge is -2.14. The molecule has 1 N–H and O–H groups in total. The molecular weight excluding hydrogens is 283 g/mol. The van der Waals surface area contributed by atoms with Gasteiger partial charge in [0.15, 0.2) is 0 Å². The minimum absolute atomic E-state index is 0.0806. The minimum Gasteiger partial charge on any atom is -0.352 e. The predicted octanol–water partition coefficient (Wildman–Crippen LogP) is 2.62. The number of hydrogen-bond acceptors (Lipinski definition) is 1. The van der Waals surface area contributed by atoms with Crippen molar-refractivity contribution in [2.24, 2.45) is 5.92 Å². The number of aryl methyl sites for hydroxylation is 1. The van der Waals surface area contributed by atoms with E-state index in [-0.39, 0.29) is 5.91 Å². The number of nitrogens with zero attached hydrogens (tertiary/aromatic N) is 1. The normalized spacial score (nSPS) is 16.4. The molecule has 3 rings (SSSR count). The molecule has 0 saturated heterocycles. The van der Waals surface area contributed by atoms with E-state index < -0.39 is 0 Å². The van der Waals surface area contributed by atoms with Gasteiger partial charge in [0.25, 0.3) is 5.91 Å². The Bertz CT molecular complexity index is 684. The van der Waals surface area contributed by atoms with Crippen molar-refractivity contribution in [3.63, 3.8) is 0 Å². The molecule has 1 saturated carbocycles. The van der Waals surface area contributed by atoms with E-state index in [1.54, 1.807) is 0 Å². The minimum atomic E-state index is 0.0806. The number of nitrogens with one attached hydrogen (secondary N) is 1. The lowest BCUT2D eigenvalue weighted by molar-refractivity contribution is 0.0947. The molecule has 1 aliphatic rings. The van der Waals surface area contributed by atoms with Crippen molar-refractivity contribution >= 4 is 30.1 Å². The molecule has 3 nitrogen and oxygen atoms in total. The van der Waals surface area contributed by atoms with Gasteiger partial charge in [0.05, 0.1) is 5.56 Å². The van der Waals surface area contributed by atoms with E-state index in [4.69, 9.17) is 0 Å². The highest BCUT2D eigenvalue weighted by atomic mass is 16.1. The van der Waals surface area contributed by atoms with Crippen LogP contribution in [0.3, 0.4) is 0 Å². The van der Waals surface area contributed by atoms with Gasteiger partial charge in [0.1, 0.15) is 7.85 Å². The van der Waals surface area contributed by atoms with Crippen LogP contribution in [0.25, 0.3) is 10.9 Å². The highest BCUT2D eigenvalue weighted by Crippen LogP contribution is 2.23. The second-order valence-electron chi connectivity index (χ2n) is 6.87. The summed E-state index contributed by atoms with van der Waals surface area (Å²) in [6, 6.07) is 6.22. The molecule has 0 unspecified atom stereocenters. The van der Waals surface area contributed by atoms with E-state index in [1.807, 2.05) is 12.3 Å². The van der Waals surface area contributed by atoms with Crippen LogP contribution in [-0.4, -0.2) is 24.9 Å². The van der Waals surface area contributed by atoms with Gasteiger partial charge in [-0.05, 0) is 25.7 Å². The van der Waals surface area contributed by atoms with Gasteiger partial charge >= 0.3 is 0 Å². The lowest BCUT2D eigenvalue weighted by Crippen LogP contribution is -2.29. The van der Waals surface area contributed by atoms with Gasteiger partial charge in [-0.15, -0.1) is 0 Å². The Hall–Kier alpha value is -1.71. The zero-order valence-electron chi connectivity index (χ0n) is 14.4. The fraction of sp³-hybridized carbons (Fsp3) is 0.526. The Morgan fingerprint density at radius 1 is 1.26 bits per heavy atom. The highest BCUT2D eigenvalue weighted by Gasteiger charge is 2.18. The van der Waals surface area contributed by atoms with Crippen LogP contribution in [-0.2, 0) is 6.54 Å². The largest absolute Gasteiger partial charge is 0.352 e. The van der Waals surface area contributed by atoms with E-state index in [2.05, 4.69) is 36.8 Å². The number of amides is 1. The number of benzene rings is 1. The number of carbonyl (C=O) groups is 1. The van der Waals surface area contributed by atoms with Crippen LogP contribution >= 0.6 is 0 Å². The summed E-state index contributed by atoms with van der Waals surface area (Å²) >= 11 is 0. The van der Waals surface area contributed by atoms with Gasteiger partial charge in [-0.2, -0.15) is 0 Å². The Labute approximate surface area is 139 Å². The third kappa shape index (κ3) is 3.46. The average molecular weight is 310 g/mol. The number of carbonyl (C=O) groups excluding carboxylic acids is 1. The molecule has 0 bridgehead atoms. The Balaban J connectivity index is 1.77. The molecule has 1 fully saturated rings. The van der Waals surface area contributed by atoms with Gasteiger partial charge < -0.3 is 9.88 Å². The van der Waals surface area contributed by atoms with Crippen molar-refractivity contribution in [3.05, 3.63) is 30.0 Å². The number of para-hydroxylation sites is 1. The third-order valence-corrected chi connectivity index (χ3v) is 5.21. The number of fused-ring (bicyclic) bond motifs is 1. The van der Waals surface area contributed by atoms with Crippen LogP contribution in [0.1, 0.15) is 55.8 Å². The standard InChI is InChI=1S/C19H27BN2O/c1-2-22-13-16(15-10-7-11-17(20)18(15)22)19(23)21-12-14-8-5-3-4-6-9-14/h7,10-11,13-14H,2-6,8-9,12,20H2,1H3,(H,21,23). The summed E-state index contributed by atoms with van der Waals surface area (Å²) in [6.07, 6.45) is 9.87. The van der Waals surface area contributed by atoms with Gasteiger partial charge in [-0.1, -0.05) is 49.3 Å². The summed E-state index contributed by atoms with van der Waals surface area (Å²) in [5.74, 6) is 0.736. The molecule has 0 radical (unpaired) electrons. The van der Waals surface area contributed by atoms with Crippen molar-refractivity contribution < 1.29 is 4.79 Å². The van der Waals surface area contributed by atoms with E-state index in [9.17, 15) is 4.79 Å². The quantitative estimate of drug-likeness (QED) is 0.683. The van der Waals surface area contributed by atoms with Gasteiger partial charge in [-0.25, -0.2) is 0 Å². The smallest absolute Gasteiger partial charge is 0.253 e. The zero-order valence-corrected chi connectivity index (χ0v) is 14.4. The maximum absolute atomic E-state index is 12.7. The first-order valence-electron chi connectivity index (χ1n) is 9.07. The van der Waals surface area contributed by atoms with Crippen LogP contribution in [0.15, 0.2) is 24.4 Å².